The zero-order valence-electron chi connectivity index (χ0n) is 15.5. The first-order chi connectivity index (χ1) is 13.6. The lowest BCUT2D eigenvalue weighted by Gasteiger charge is -2.29. The first-order valence-electron chi connectivity index (χ1n) is 9.25. The van der Waals surface area contributed by atoms with Crippen LogP contribution in [0.15, 0.2) is 27.7 Å². The van der Waals surface area contributed by atoms with E-state index in [-0.39, 0.29) is 35.7 Å². The second-order valence-electron chi connectivity index (χ2n) is 6.67. The minimum Gasteiger partial charge on any atom is -0.504 e. The quantitative estimate of drug-likeness (QED) is 0.782. The SMILES string of the molecule is CCOC(=O)c1c(N2CCC(O)CC2)oc(C=C2C=Nc3ncccc32)c1O. The molecule has 1 fully saturated rings. The lowest BCUT2D eigenvalue weighted by Crippen LogP contribution is -2.36. The number of fused-ring (bicyclic) bond motifs is 1. The Morgan fingerprint density at radius 1 is 1.43 bits per heavy atom. The van der Waals surface area contributed by atoms with Crippen molar-refractivity contribution in [1.29, 1.82) is 0 Å². The van der Waals surface area contributed by atoms with E-state index in [9.17, 15) is 15.0 Å². The number of carbonyl (C=O) groups is 1. The molecule has 2 aromatic rings. The van der Waals surface area contributed by atoms with Gasteiger partial charge in [0.05, 0.1) is 12.7 Å². The number of aromatic hydroxyl groups is 1. The van der Waals surface area contributed by atoms with Crippen molar-refractivity contribution in [2.75, 3.05) is 24.6 Å². The van der Waals surface area contributed by atoms with E-state index in [1.54, 1.807) is 31.5 Å². The fourth-order valence-corrected chi connectivity index (χ4v) is 3.39. The number of esters is 1. The Morgan fingerprint density at radius 2 is 2.21 bits per heavy atom. The third-order valence-corrected chi connectivity index (χ3v) is 4.83. The number of aliphatic imine (C=N–C) groups is 1. The van der Waals surface area contributed by atoms with Gasteiger partial charge < -0.3 is 24.3 Å². The van der Waals surface area contributed by atoms with Crippen molar-refractivity contribution in [1.82, 2.24) is 4.98 Å². The summed E-state index contributed by atoms with van der Waals surface area (Å²) in [6, 6.07) is 3.68. The molecule has 0 radical (unpaired) electrons. The predicted octanol–water partition coefficient (Wildman–Crippen LogP) is 2.77. The monoisotopic (exact) mass is 383 g/mol. The number of hydrogen-bond acceptors (Lipinski definition) is 8. The predicted molar refractivity (Wildman–Crippen MR) is 104 cm³/mol. The maximum Gasteiger partial charge on any atom is 0.347 e. The van der Waals surface area contributed by atoms with E-state index in [1.165, 1.54) is 0 Å². The molecule has 4 heterocycles. The lowest BCUT2D eigenvalue weighted by atomic mass is 10.1. The van der Waals surface area contributed by atoms with Gasteiger partial charge in [-0.1, -0.05) is 0 Å². The molecule has 2 aliphatic rings. The van der Waals surface area contributed by atoms with Crippen LogP contribution in [0.25, 0.3) is 11.6 Å². The number of aromatic nitrogens is 1. The van der Waals surface area contributed by atoms with Crippen molar-refractivity contribution in [3.05, 3.63) is 35.2 Å². The highest BCUT2D eigenvalue weighted by atomic mass is 16.5. The van der Waals surface area contributed by atoms with E-state index >= 15 is 0 Å². The summed E-state index contributed by atoms with van der Waals surface area (Å²) in [5.41, 5.74) is 1.55. The van der Waals surface area contributed by atoms with Crippen molar-refractivity contribution in [3.63, 3.8) is 0 Å². The number of carbonyl (C=O) groups excluding carboxylic acids is 1. The molecule has 0 bridgehead atoms. The van der Waals surface area contributed by atoms with Crippen molar-refractivity contribution in [2.24, 2.45) is 4.99 Å². The van der Waals surface area contributed by atoms with Crippen LogP contribution in [0.3, 0.4) is 0 Å². The van der Waals surface area contributed by atoms with Crippen LogP contribution in [0.2, 0.25) is 0 Å². The highest BCUT2D eigenvalue weighted by Crippen LogP contribution is 2.40. The van der Waals surface area contributed by atoms with E-state index in [2.05, 4.69) is 9.98 Å². The number of pyridine rings is 1. The topological polar surface area (TPSA) is 108 Å². The van der Waals surface area contributed by atoms with Crippen molar-refractivity contribution in [2.45, 2.75) is 25.9 Å². The van der Waals surface area contributed by atoms with Crippen LogP contribution in [-0.2, 0) is 4.74 Å². The number of hydrogen-bond donors (Lipinski definition) is 2. The minimum atomic E-state index is -0.642. The van der Waals surface area contributed by atoms with Crippen molar-refractivity contribution < 1.29 is 24.2 Å². The van der Waals surface area contributed by atoms with E-state index in [0.29, 0.717) is 31.7 Å². The second kappa shape index (κ2) is 7.47. The number of allylic oxidation sites excluding steroid dienone is 1. The molecule has 4 rings (SSSR count). The fourth-order valence-electron chi connectivity index (χ4n) is 3.39. The van der Waals surface area contributed by atoms with Crippen LogP contribution < -0.4 is 4.90 Å². The molecule has 28 heavy (non-hydrogen) atoms. The first-order valence-corrected chi connectivity index (χ1v) is 9.25. The van der Waals surface area contributed by atoms with Crippen LogP contribution in [0.5, 0.6) is 5.75 Å². The van der Waals surface area contributed by atoms with Crippen LogP contribution in [0.4, 0.5) is 11.7 Å². The van der Waals surface area contributed by atoms with Gasteiger partial charge in [-0.15, -0.1) is 0 Å². The molecule has 0 aliphatic carbocycles. The van der Waals surface area contributed by atoms with Crippen LogP contribution in [0.1, 0.15) is 41.4 Å². The van der Waals surface area contributed by atoms with E-state index in [0.717, 1.165) is 11.1 Å². The highest BCUT2D eigenvalue weighted by Gasteiger charge is 2.31. The molecular formula is C20H21N3O5. The van der Waals surface area contributed by atoms with Gasteiger partial charge in [0.1, 0.15) is 0 Å². The molecule has 0 atom stereocenters. The van der Waals surface area contributed by atoms with E-state index < -0.39 is 5.97 Å². The maximum absolute atomic E-state index is 12.5. The van der Waals surface area contributed by atoms with Gasteiger partial charge in [-0.3, -0.25) is 0 Å². The number of nitrogens with zero attached hydrogens (tertiary/aromatic N) is 3. The number of furan rings is 1. The van der Waals surface area contributed by atoms with Crippen LogP contribution in [0, 0.1) is 0 Å². The molecule has 0 amide bonds. The van der Waals surface area contributed by atoms with Gasteiger partial charge in [-0.05, 0) is 38.0 Å². The molecule has 2 aliphatic heterocycles. The average Bonchev–Trinajstić information content (AvgIpc) is 3.25. The Balaban J connectivity index is 1.75. The van der Waals surface area contributed by atoms with Gasteiger partial charge >= 0.3 is 5.97 Å². The first kappa shape index (κ1) is 18.2. The second-order valence-corrected chi connectivity index (χ2v) is 6.67. The average molecular weight is 383 g/mol. The molecule has 8 nitrogen and oxygen atoms in total. The molecule has 8 heteroatoms. The Labute approximate surface area is 161 Å². The number of anilines is 1. The lowest BCUT2D eigenvalue weighted by molar-refractivity contribution is 0.0523. The Hall–Kier alpha value is -3.13. The van der Waals surface area contributed by atoms with Gasteiger partial charge in [0.25, 0.3) is 0 Å². The zero-order valence-corrected chi connectivity index (χ0v) is 15.5. The summed E-state index contributed by atoms with van der Waals surface area (Å²) in [6.07, 6.45) is 5.69. The third-order valence-electron chi connectivity index (χ3n) is 4.83. The summed E-state index contributed by atoms with van der Waals surface area (Å²) in [4.78, 5) is 22.7. The molecule has 146 valence electrons. The van der Waals surface area contributed by atoms with Gasteiger partial charge in [0.2, 0.25) is 5.88 Å². The maximum atomic E-state index is 12.5. The summed E-state index contributed by atoms with van der Waals surface area (Å²) in [5, 5.41) is 20.5. The fraction of sp³-hybridized carbons (Fsp3) is 0.350. The number of aliphatic hydroxyl groups is 1. The Morgan fingerprint density at radius 3 is 2.96 bits per heavy atom. The van der Waals surface area contributed by atoms with E-state index in [4.69, 9.17) is 9.15 Å². The number of aliphatic hydroxyl groups excluding tert-OH is 1. The molecule has 0 spiro atoms. The summed E-state index contributed by atoms with van der Waals surface area (Å²) < 4.78 is 11.0. The van der Waals surface area contributed by atoms with Gasteiger partial charge in [-0.2, -0.15) is 0 Å². The normalized spacial score (nSPS) is 17.9. The minimum absolute atomic E-state index is 0.00596. The molecule has 1 saturated heterocycles. The van der Waals surface area contributed by atoms with Gasteiger partial charge in [-0.25, -0.2) is 14.8 Å². The smallest absolute Gasteiger partial charge is 0.347 e. The van der Waals surface area contributed by atoms with Crippen molar-refractivity contribution >= 4 is 35.5 Å². The standard InChI is InChI=1S/C20H21N3O5/c1-2-27-20(26)16-17(25)15(28-19(16)23-8-5-13(24)6-9-23)10-12-11-22-18-14(12)4-3-7-21-18/h3-4,7,10-11,13,24-25H,2,5-6,8-9H2,1H3. The molecule has 0 aromatic carbocycles. The molecule has 0 unspecified atom stereocenters. The molecular weight excluding hydrogens is 362 g/mol. The van der Waals surface area contributed by atoms with Crippen LogP contribution in [-0.4, -0.2) is 53.2 Å². The molecule has 2 N–H and O–H groups in total. The zero-order chi connectivity index (χ0) is 19.7. The summed E-state index contributed by atoms with van der Waals surface area (Å²) >= 11 is 0. The highest BCUT2D eigenvalue weighted by molar-refractivity contribution is 6.21. The number of rotatable bonds is 4. The van der Waals surface area contributed by atoms with Crippen LogP contribution >= 0.6 is 0 Å². The van der Waals surface area contributed by atoms with Gasteiger partial charge in [0.15, 0.2) is 22.9 Å². The number of ether oxygens (including phenoxy) is 1. The largest absolute Gasteiger partial charge is 0.504 e. The molecule has 2 aromatic heterocycles. The van der Waals surface area contributed by atoms with E-state index in [1.807, 2.05) is 11.0 Å². The third kappa shape index (κ3) is 3.27. The Kier molecular flexibility index (Phi) is 4.87. The molecule has 0 saturated carbocycles. The van der Waals surface area contributed by atoms with Crippen molar-refractivity contribution in [3.8, 4) is 5.75 Å². The van der Waals surface area contributed by atoms with Gasteiger partial charge in [0, 0.05) is 36.6 Å². The Bertz CT molecular complexity index is 955. The summed E-state index contributed by atoms with van der Waals surface area (Å²) in [7, 11) is 0. The summed E-state index contributed by atoms with van der Waals surface area (Å²) in [5.74, 6) is 0.100. The summed E-state index contributed by atoms with van der Waals surface area (Å²) in [6.45, 7) is 2.92. The number of piperidine rings is 1.